The molecule has 1 atom stereocenters. The largest absolute Gasteiger partial charge is 0.354 e. The summed E-state index contributed by atoms with van der Waals surface area (Å²) in [5.41, 5.74) is 11.0. The number of ketones is 1. The van der Waals surface area contributed by atoms with E-state index in [0.29, 0.717) is 30.1 Å². The van der Waals surface area contributed by atoms with Crippen LogP contribution in [0.5, 0.6) is 0 Å². The molecule has 1 aromatic carbocycles. The number of carbonyl (C=O) groups excluding carboxylic acids is 2. The van der Waals surface area contributed by atoms with E-state index >= 15 is 0 Å². The van der Waals surface area contributed by atoms with Crippen LogP contribution in [0.3, 0.4) is 0 Å². The number of aromatic nitrogens is 1. The van der Waals surface area contributed by atoms with Crippen LogP contribution in [0, 0.1) is 6.92 Å². The van der Waals surface area contributed by atoms with Crippen LogP contribution in [0.15, 0.2) is 24.3 Å². The highest BCUT2D eigenvalue weighted by atomic mass is 16.2. The smallest absolute Gasteiger partial charge is 0.268 e. The molecule has 1 heterocycles. The lowest BCUT2D eigenvalue weighted by Gasteiger charge is -2.15. The van der Waals surface area contributed by atoms with Gasteiger partial charge in [0.2, 0.25) is 0 Å². The molecule has 0 aliphatic carbocycles. The summed E-state index contributed by atoms with van der Waals surface area (Å²) in [6, 6.07) is 7.88. The molecule has 0 radical (unpaired) electrons. The van der Waals surface area contributed by atoms with E-state index in [1.54, 1.807) is 0 Å². The van der Waals surface area contributed by atoms with Crippen LogP contribution in [-0.4, -0.2) is 23.2 Å². The van der Waals surface area contributed by atoms with Gasteiger partial charge in [-0.05, 0) is 42.9 Å². The number of aryl methyl sites for hydroxylation is 1. The Morgan fingerprint density at radius 2 is 1.73 bits per heavy atom. The van der Waals surface area contributed by atoms with Crippen LogP contribution < -0.4 is 11.1 Å². The van der Waals surface area contributed by atoms with Crippen molar-refractivity contribution in [2.24, 2.45) is 5.73 Å². The summed E-state index contributed by atoms with van der Waals surface area (Å²) in [6.45, 7) is 9.90. The summed E-state index contributed by atoms with van der Waals surface area (Å²) in [5, 5.41) is 2.88. The van der Waals surface area contributed by atoms with Crippen molar-refractivity contribution in [3.8, 4) is 0 Å². The van der Waals surface area contributed by atoms with E-state index < -0.39 is 0 Å². The Hall–Kier alpha value is -2.40. The molecule has 1 amide bonds. The molecular formula is C21H29N3O2. The minimum absolute atomic E-state index is 0.0309. The quantitative estimate of drug-likeness (QED) is 0.663. The number of aromatic amines is 1. The van der Waals surface area contributed by atoms with Crippen molar-refractivity contribution in [2.45, 2.75) is 53.0 Å². The molecule has 2 rings (SSSR count). The van der Waals surface area contributed by atoms with Gasteiger partial charge in [0.1, 0.15) is 5.69 Å². The molecule has 0 spiro atoms. The van der Waals surface area contributed by atoms with Gasteiger partial charge in [0.05, 0.1) is 0 Å². The number of nitrogens with one attached hydrogen (secondary N) is 2. The number of Topliss-reactive ketones (excluding diaryl/α,β-unsaturated/α-hetero) is 1. The molecule has 1 aromatic heterocycles. The summed E-state index contributed by atoms with van der Waals surface area (Å²) >= 11 is 0. The molecule has 2 aromatic rings. The van der Waals surface area contributed by atoms with Gasteiger partial charge in [-0.15, -0.1) is 0 Å². The molecule has 0 aliphatic heterocycles. The van der Waals surface area contributed by atoms with Crippen molar-refractivity contribution in [1.82, 2.24) is 10.3 Å². The first-order valence-corrected chi connectivity index (χ1v) is 9.12. The Bertz CT molecular complexity index is 788. The normalized spacial score (nSPS) is 12.3. The molecule has 4 N–H and O–H groups in total. The third-order valence-corrected chi connectivity index (χ3v) is 4.74. The first-order valence-electron chi connectivity index (χ1n) is 9.12. The Labute approximate surface area is 155 Å². The van der Waals surface area contributed by atoms with E-state index in [9.17, 15) is 9.59 Å². The van der Waals surface area contributed by atoms with Gasteiger partial charge >= 0.3 is 0 Å². The first kappa shape index (κ1) is 19.9. The molecule has 5 nitrogen and oxygen atoms in total. The maximum Gasteiger partial charge on any atom is 0.268 e. The first-order chi connectivity index (χ1) is 12.3. The van der Waals surface area contributed by atoms with Gasteiger partial charge in [0.25, 0.3) is 5.91 Å². The number of hydrogen-bond donors (Lipinski definition) is 3. The summed E-state index contributed by atoms with van der Waals surface area (Å²) in [6.07, 6.45) is 0.616. The van der Waals surface area contributed by atoms with Crippen LogP contribution >= 0.6 is 0 Å². The average molecular weight is 355 g/mol. The number of hydrogen-bond acceptors (Lipinski definition) is 3. The predicted octanol–water partition coefficient (Wildman–Crippen LogP) is 3.64. The minimum Gasteiger partial charge on any atom is -0.354 e. The Kier molecular flexibility index (Phi) is 6.37. The van der Waals surface area contributed by atoms with Crippen molar-refractivity contribution in [2.75, 3.05) is 6.54 Å². The third kappa shape index (κ3) is 4.22. The summed E-state index contributed by atoms with van der Waals surface area (Å²) in [7, 11) is 0. The minimum atomic E-state index is -0.284. The summed E-state index contributed by atoms with van der Waals surface area (Å²) < 4.78 is 0. The highest BCUT2D eigenvalue weighted by molar-refractivity contribution is 6.02. The standard InChI is InChI=1S/C21H29N3O2/c1-6-17-19(14(5)25)13(4)24-20(17)21(26)23-11-18(22)16-9-7-15(8-10-16)12(2)3/h7-10,12,18,24H,6,11,22H2,1-5H3,(H,23,26). The molecule has 0 bridgehead atoms. The van der Waals surface area contributed by atoms with E-state index in [1.807, 2.05) is 26.0 Å². The van der Waals surface area contributed by atoms with Crippen molar-refractivity contribution in [1.29, 1.82) is 0 Å². The van der Waals surface area contributed by atoms with Crippen molar-refractivity contribution in [3.05, 3.63) is 57.9 Å². The van der Waals surface area contributed by atoms with Gasteiger partial charge < -0.3 is 16.0 Å². The Balaban J connectivity index is 2.09. The second-order valence-electron chi connectivity index (χ2n) is 7.03. The maximum atomic E-state index is 12.6. The van der Waals surface area contributed by atoms with Gasteiger partial charge in [0, 0.05) is 23.8 Å². The monoisotopic (exact) mass is 355 g/mol. The van der Waals surface area contributed by atoms with Crippen LogP contribution in [0.2, 0.25) is 0 Å². The van der Waals surface area contributed by atoms with Crippen molar-refractivity contribution < 1.29 is 9.59 Å². The molecule has 0 saturated heterocycles. The van der Waals surface area contributed by atoms with Gasteiger partial charge in [-0.25, -0.2) is 0 Å². The van der Waals surface area contributed by atoms with E-state index in [0.717, 1.165) is 16.8 Å². The second kappa shape index (κ2) is 8.32. The van der Waals surface area contributed by atoms with E-state index in [1.165, 1.54) is 12.5 Å². The highest BCUT2D eigenvalue weighted by Crippen LogP contribution is 2.21. The lowest BCUT2D eigenvalue weighted by Crippen LogP contribution is -2.32. The SMILES string of the molecule is CCc1c(C(=O)NCC(N)c2ccc(C(C)C)cc2)[nH]c(C)c1C(C)=O. The molecule has 0 fully saturated rings. The molecule has 140 valence electrons. The van der Waals surface area contributed by atoms with Gasteiger partial charge in [-0.2, -0.15) is 0 Å². The molecule has 5 heteroatoms. The van der Waals surface area contributed by atoms with Crippen LogP contribution in [0.1, 0.15) is 82.9 Å². The number of carbonyl (C=O) groups is 2. The zero-order chi connectivity index (χ0) is 19.4. The van der Waals surface area contributed by atoms with Gasteiger partial charge in [-0.3, -0.25) is 9.59 Å². The fraction of sp³-hybridized carbons (Fsp3) is 0.429. The van der Waals surface area contributed by atoms with E-state index in [-0.39, 0.29) is 17.7 Å². The molecular weight excluding hydrogens is 326 g/mol. The number of benzene rings is 1. The number of H-pyrrole nitrogens is 1. The lowest BCUT2D eigenvalue weighted by atomic mass is 9.99. The second-order valence-corrected chi connectivity index (χ2v) is 7.03. The molecule has 0 saturated carbocycles. The van der Waals surface area contributed by atoms with Gasteiger partial charge in [0.15, 0.2) is 5.78 Å². The Morgan fingerprint density at radius 3 is 2.23 bits per heavy atom. The molecule has 0 aliphatic rings. The number of nitrogens with two attached hydrogens (primary N) is 1. The molecule has 1 unspecified atom stereocenters. The highest BCUT2D eigenvalue weighted by Gasteiger charge is 2.21. The van der Waals surface area contributed by atoms with Crippen LogP contribution in [0.4, 0.5) is 0 Å². The third-order valence-electron chi connectivity index (χ3n) is 4.74. The zero-order valence-electron chi connectivity index (χ0n) is 16.3. The fourth-order valence-electron chi connectivity index (χ4n) is 3.24. The van der Waals surface area contributed by atoms with Crippen molar-refractivity contribution >= 4 is 11.7 Å². The number of amides is 1. The lowest BCUT2D eigenvalue weighted by molar-refractivity contribution is 0.0945. The van der Waals surface area contributed by atoms with Crippen LogP contribution in [0.25, 0.3) is 0 Å². The molecule has 26 heavy (non-hydrogen) atoms. The zero-order valence-corrected chi connectivity index (χ0v) is 16.3. The maximum absolute atomic E-state index is 12.6. The van der Waals surface area contributed by atoms with Crippen molar-refractivity contribution in [3.63, 3.8) is 0 Å². The summed E-state index contributed by atoms with van der Waals surface area (Å²) in [5.74, 6) is 0.210. The summed E-state index contributed by atoms with van der Waals surface area (Å²) in [4.78, 5) is 27.5. The predicted molar refractivity (Wildman–Crippen MR) is 105 cm³/mol. The Morgan fingerprint density at radius 1 is 1.15 bits per heavy atom. The topological polar surface area (TPSA) is 88.0 Å². The van der Waals surface area contributed by atoms with E-state index in [2.05, 4.69) is 36.3 Å². The van der Waals surface area contributed by atoms with Crippen LogP contribution in [-0.2, 0) is 6.42 Å². The fourth-order valence-corrected chi connectivity index (χ4v) is 3.24. The van der Waals surface area contributed by atoms with E-state index in [4.69, 9.17) is 5.73 Å². The average Bonchev–Trinajstić information content (AvgIpc) is 2.96. The van der Waals surface area contributed by atoms with Gasteiger partial charge in [-0.1, -0.05) is 45.0 Å². The number of rotatable bonds is 7.